The van der Waals surface area contributed by atoms with Gasteiger partial charge in [-0.15, -0.1) is 11.3 Å². The van der Waals surface area contributed by atoms with Crippen molar-refractivity contribution in [2.24, 2.45) is 11.8 Å². The Kier molecular flexibility index (Phi) is 1.47. The van der Waals surface area contributed by atoms with Gasteiger partial charge in [0.2, 0.25) is 5.91 Å². The van der Waals surface area contributed by atoms with Crippen LogP contribution in [0.4, 0.5) is 0 Å². The Balaban J connectivity index is 1.82. The summed E-state index contributed by atoms with van der Waals surface area (Å²) in [6.45, 7) is 0. The first-order valence-electron chi connectivity index (χ1n) is 4.56. The smallest absolute Gasteiger partial charge is 0.226 e. The Morgan fingerprint density at radius 1 is 1.54 bits per heavy atom. The predicted octanol–water partition coefficient (Wildman–Crippen LogP) is 1.34. The van der Waals surface area contributed by atoms with E-state index >= 15 is 0 Å². The van der Waals surface area contributed by atoms with Crippen LogP contribution < -0.4 is 5.32 Å². The summed E-state index contributed by atoms with van der Waals surface area (Å²) in [5.74, 6) is 1.09. The van der Waals surface area contributed by atoms with Crippen LogP contribution in [-0.4, -0.2) is 10.9 Å². The molecular formula is C9H10N2OS. The van der Waals surface area contributed by atoms with E-state index in [-0.39, 0.29) is 17.9 Å². The molecule has 1 aliphatic carbocycles. The molecule has 1 aromatic rings. The molecule has 1 amide bonds. The van der Waals surface area contributed by atoms with Crippen molar-refractivity contribution in [3.63, 3.8) is 0 Å². The standard InChI is InChI=1S/C9H10N2OS/c12-8-6(5-1-2-5)7(11-8)9-10-3-4-13-9/h3-7H,1-2H2,(H,11,12). The van der Waals surface area contributed by atoms with Crippen LogP contribution in [0.2, 0.25) is 0 Å². The lowest BCUT2D eigenvalue weighted by Crippen LogP contribution is -2.52. The lowest BCUT2D eigenvalue weighted by Gasteiger charge is -2.35. The molecule has 68 valence electrons. The molecule has 1 aliphatic heterocycles. The number of rotatable bonds is 2. The second-order valence-corrected chi connectivity index (χ2v) is 4.65. The Morgan fingerprint density at radius 2 is 2.38 bits per heavy atom. The van der Waals surface area contributed by atoms with Crippen molar-refractivity contribution >= 4 is 17.2 Å². The monoisotopic (exact) mass is 194 g/mol. The van der Waals surface area contributed by atoms with Crippen molar-refractivity contribution in [3.05, 3.63) is 16.6 Å². The van der Waals surface area contributed by atoms with Crippen LogP contribution in [0, 0.1) is 11.8 Å². The number of amides is 1. The highest BCUT2D eigenvalue weighted by atomic mass is 32.1. The lowest BCUT2D eigenvalue weighted by atomic mass is 9.86. The van der Waals surface area contributed by atoms with Gasteiger partial charge < -0.3 is 5.32 Å². The highest BCUT2D eigenvalue weighted by Gasteiger charge is 2.50. The maximum atomic E-state index is 11.3. The molecule has 1 saturated heterocycles. The number of nitrogens with one attached hydrogen (secondary N) is 1. The molecule has 13 heavy (non-hydrogen) atoms. The Labute approximate surface area is 80.2 Å². The third-order valence-electron chi connectivity index (χ3n) is 2.81. The summed E-state index contributed by atoms with van der Waals surface area (Å²) in [7, 11) is 0. The highest BCUT2D eigenvalue weighted by Crippen LogP contribution is 2.47. The molecule has 0 aromatic carbocycles. The summed E-state index contributed by atoms with van der Waals surface area (Å²) in [5, 5.41) is 5.95. The molecule has 2 aliphatic rings. The number of carbonyl (C=O) groups is 1. The molecule has 4 heteroatoms. The molecule has 3 rings (SSSR count). The molecule has 2 unspecified atom stereocenters. The fraction of sp³-hybridized carbons (Fsp3) is 0.556. The van der Waals surface area contributed by atoms with Gasteiger partial charge in [-0.2, -0.15) is 0 Å². The Hall–Kier alpha value is -0.900. The van der Waals surface area contributed by atoms with Crippen LogP contribution in [0.15, 0.2) is 11.6 Å². The number of hydrogen-bond donors (Lipinski definition) is 1. The van der Waals surface area contributed by atoms with Crippen LogP contribution in [0.25, 0.3) is 0 Å². The minimum absolute atomic E-state index is 0.222. The van der Waals surface area contributed by atoms with E-state index in [4.69, 9.17) is 0 Å². The molecule has 2 atom stereocenters. The van der Waals surface area contributed by atoms with Gasteiger partial charge in [0.15, 0.2) is 0 Å². The average Bonchev–Trinajstić information content (AvgIpc) is 2.77. The zero-order chi connectivity index (χ0) is 8.84. The highest BCUT2D eigenvalue weighted by molar-refractivity contribution is 7.09. The quantitative estimate of drug-likeness (QED) is 0.722. The van der Waals surface area contributed by atoms with Crippen LogP contribution in [0.1, 0.15) is 23.9 Å². The van der Waals surface area contributed by atoms with E-state index in [1.165, 1.54) is 12.8 Å². The van der Waals surface area contributed by atoms with Crippen molar-refractivity contribution in [2.75, 3.05) is 0 Å². The molecule has 3 nitrogen and oxygen atoms in total. The second kappa shape index (κ2) is 2.54. The molecule has 0 bridgehead atoms. The van der Waals surface area contributed by atoms with Crippen LogP contribution in [0.5, 0.6) is 0 Å². The van der Waals surface area contributed by atoms with E-state index in [0.29, 0.717) is 5.92 Å². The number of nitrogens with zero attached hydrogens (tertiary/aromatic N) is 1. The minimum atomic E-state index is 0.222. The largest absolute Gasteiger partial charge is 0.346 e. The maximum Gasteiger partial charge on any atom is 0.226 e. The topological polar surface area (TPSA) is 42.0 Å². The van der Waals surface area contributed by atoms with Crippen molar-refractivity contribution in [1.29, 1.82) is 0 Å². The fourth-order valence-corrected chi connectivity index (χ4v) is 2.67. The lowest BCUT2D eigenvalue weighted by molar-refractivity contribution is -0.136. The van der Waals surface area contributed by atoms with Gasteiger partial charge in [-0.1, -0.05) is 0 Å². The summed E-state index contributed by atoms with van der Waals surface area (Å²) in [4.78, 5) is 15.5. The molecular weight excluding hydrogens is 184 g/mol. The first-order valence-corrected chi connectivity index (χ1v) is 5.44. The summed E-state index contributed by atoms with van der Waals surface area (Å²) >= 11 is 1.63. The van der Waals surface area contributed by atoms with E-state index in [1.54, 1.807) is 17.5 Å². The normalized spacial score (nSPS) is 32.5. The van der Waals surface area contributed by atoms with Gasteiger partial charge >= 0.3 is 0 Å². The number of carbonyl (C=O) groups excluding carboxylic acids is 1. The molecule has 2 heterocycles. The number of aromatic nitrogens is 1. The third kappa shape index (κ3) is 1.09. The van der Waals surface area contributed by atoms with Crippen molar-refractivity contribution in [2.45, 2.75) is 18.9 Å². The van der Waals surface area contributed by atoms with Gasteiger partial charge in [-0.05, 0) is 18.8 Å². The van der Waals surface area contributed by atoms with E-state index in [2.05, 4.69) is 10.3 Å². The van der Waals surface area contributed by atoms with Crippen LogP contribution >= 0.6 is 11.3 Å². The Bertz CT molecular complexity index is 331. The zero-order valence-electron chi connectivity index (χ0n) is 7.06. The predicted molar refractivity (Wildman–Crippen MR) is 49.2 cm³/mol. The van der Waals surface area contributed by atoms with Gasteiger partial charge in [-0.25, -0.2) is 4.98 Å². The van der Waals surface area contributed by atoms with Gasteiger partial charge in [0, 0.05) is 11.6 Å². The molecule has 2 fully saturated rings. The molecule has 0 radical (unpaired) electrons. The summed E-state index contributed by atoms with van der Waals surface area (Å²) in [6, 6.07) is 0.222. The van der Waals surface area contributed by atoms with Crippen LogP contribution in [-0.2, 0) is 4.79 Å². The minimum Gasteiger partial charge on any atom is -0.346 e. The average molecular weight is 194 g/mol. The van der Waals surface area contributed by atoms with E-state index in [9.17, 15) is 4.79 Å². The molecule has 1 N–H and O–H groups in total. The Morgan fingerprint density at radius 3 is 2.92 bits per heavy atom. The van der Waals surface area contributed by atoms with Gasteiger partial charge in [0.25, 0.3) is 0 Å². The van der Waals surface area contributed by atoms with Gasteiger partial charge in [0.05, 0.1) is 12.0 Å². The van der Waals surface area contributed by atoms with Gasteiger partial charge in [-0.3, -0.25) is 4.79 Å². The SMILES string of the molecule is O=C1NC(c2nccs2)C1C1CC1. The number of hydrogen-bond acceptors (Lipinski definition) is 3. The third-order valence-corrected chi connectivity index (χ3v) is 3.67. The van der Waals surface area contributed by atoms with Crippen molar-refractivity contribution in [3.8, 4) is 0 Å². The van der Waals surface area contributed by atoms with Crippen LogP contribution in [0.3, 0.4) is 0 Å². The first kappa shape index (κ1) is 7.50. The van der Waals surface area contributed by atoms with Crippen molar-refractivity contribution < 1.29 is 4.79 Å². The van der Waals surface area contributed by atoms with E-state index < -0.39 is 0 Å². The fourth-order valence-electron chi connectivity index (χ4n) is 1.94. The number of β-lactam (4-membered cyclic amide) rings is 1. The van der Waals surface area contributed by atoms with Crippen molar-refractivity contribution in [1.82, 2.24) is 10.3 Å². The summed E-state index contributed by atoms with van der Waals surface area (Å²) in [5.41, 5.74) is 0. The maximum absolute atomic E-state index is 11.3. The summed E-state index contributed by atoms with van der Waals surface area (Å²) < 4.78 is 0. The van der Waals surface area contributed by atoms with E-state index in [1.807, 2.05) is 5.38 Å². The zero-order valence-corrected chi connectivity index (χ0v) is 7.88. The van der Waals surface area contributed by atoms with E-state index in [0.717, 1.165) is 5.01 Å². The molecule has 0 spiro atoms. The molecule has 1 saturated carbocycles. The first-order chi connectivity index (χ1) is 6.36. The second-order valence-electron chi connectivity index (χ2n) is 3.72. The number of thiazole rings is 1. The summed E-state index contributed by atoms with van der Waals surface area (Å²) in [6.07, 6.45) is 4.24. The molecule has 1 aromatic heterocycles. The van der Waals surface area contributed by atoms with Gasteiger partial charge in [0.1, 0.15) is 5.01 Å².